The number of piperidine rings is 1. The minimum atomic E-state index is 0.0957. The summed E-state index contributed by atoms with van der Waals surface area (Å²) in [6.07, 6.45) is 2.28. The van der Waals surface area contributed by atoms with Crippen molar-refractivity contribution in [2.75, 3.05) is 26.7 Å². The highest BCUT2D eigenvalue weighted by Crippen LogP contribution is 2.19. The summed E-state index contributed by atoms with van der Waals surface area (Å²) < 4.78 is 0. The van der Waals surface area contributed by atoms with Crippen LogP contribution in [-0.2, 0) is 0 Å². The monoisotopic (exact) mass is 266 g/mol. The molecule has 1 aliphatic heterocycles. The van der Waals surface area contributed by atoms with Crippen LogP contribution in [0.5, 0.6) is 0 Å². The Kier molecular flexibility index (Phi) is 4.61. The lowest BCUT2D eigenvalue weighted by Gasteiger charge is -2.32. The molecule has 98 valence electrons. The van der Waals surface area contributed by atoms with Crippen molar-refractivity contribution in [3.63, 3.8) is 0 Å². The Labute approximate surface area is 113 Å². The number of carbonyl (C=O) groups excluding carboxylic acids is 1. The Morgan fingerprint density at radius 3 is 3.11 bits per heavy atom. The van der Waals surface area contributed by atoms with Crippen molar-refractivity contribution in [2.45, 2.75) is 12.8 Å². The number of hydrogen-bond acceptors (Lipinski definition) is 2. The van der Waals surface area contributed by atoms with E-state index in [1.165, 1.54) is 6.42 Å². The second-order valence-corrected chi connectivity index (χ2v) is 5.26. The van der Waals surface area contributed by atoms with Crippen molar-refractivity contribution >= 4 is 17.5 Å². The molecule has 0 saturated carbocycles. The smallest absolute Gasteiger partial charge is 0.253 e. The van der Waals surface area contributed by atoms with Gasteiger partial charge in [-0.1, -0.05) is 17.7 Å². The number of halogens is 1. The molecule has 1 N–H and O–H groups in total. The van der Waals surface area contributed by atoms with Crippen molar-refractivity contribution in [3.8, 4) is 0 Å². The Morgan fingerprint density at radius 2 is 2.39 bits per heavy atom. The van der Waals surface area contributed by atoms with Crippen LogP contribution < -0.4 is 5.32 Å². The van der Waals surface area contributed by atoms with Crippen molar-refractivity contribution in [1.29, 1.82) is 0 Å². The second kappa shape index (κ2) is 6.21. The summed E-state index contributed by atoms with van der Waals surface area (Å²) in [7, 11) is 1.96. The normalized spacial score (nSPS) is 19.9. The van der Waals surface area contributed by atoms with Crippen LogP contribution in [0.3, 0.4) is 0 Å². The molecule has 0 aliphatic carbocycles. The molecule has 0 bridgehead atoms. The van der Waals surface area contributed by atoms with Gasteiger partial charge in [-0.3, -0.25) is 4.79 Å². The van der Waals surface area contributed by atoms with Gasteiger partial charge in [-0.2, -0.15) is 0 Å². The SMILES string of the molecule is CNCC1CCCN(C(=O)c2cccc(Cl)c2)C1. The third-order valence-corrected chi connectivity index (χ3v) is 3.61. The Morgan fingerprint density at radius 1 is 1.56 bits per heavy atom. The van der Waals surface area contributed by atoms with Crippen LogP contribution in [-0.4, -0.2) is 37.5 Å². The lowest BCUT2D eigenvalue weighted by atomic mass is 9.97. The van der Waals surface area contributed by atoms with E-state index >= 15 is 0 Å². The fourth-order valence-corrected chi connectivity index (χ4v) is 2.70. The molecule has 0 radical (unpaired) electrons. The summed E-state index contributed by atoms with van der Waals surface area (Å²) in [6.45, 7) is 2.66. The van der Waals surface area contributed by atoms with E-state index in [0.29, 0.717) is 16.5 Å². The minimum absolute atomic E-state index is 0.0957. The first-order chi connectivity index (χ1) is 8.70. The number of rotatable bonds is 3. The fraction of sp³-hybridized carbons (Fsp3) is 0.500. The van der Waals surface area contributed by atoms with Crippen LogP contribution in [0.1, 0.15) is 23.2 Å². The number of amides is 1. The molecule has 1 aromatic rings. The van der Waals surface area contributed by atoms with Crippen LogP contribution in [0, 0.1) is 5.92 Å². The van der Waals surface area contributed by atoms with E-state index < -0.39 is 0 Å². The predicted octanol–water partition coefficient (Wildman–Crippen LogP) is 2.41. The molecule has 1 amide bonds. The first-order valence-corrected chi connectivity index (χ1v) is 6.78. The summed E-state index contributed by atoms with van der Waals surface area (Å²) in [6, 6.07) is 7.18. The van der Waals surface area contributed by atoms with E-state index in [4.69, 9.17) is 11.6 Å². The van der Waals surface area contributed by atoms with Gasteiger partial charge < -0.3 is 10.2 Å². The summed E-state index contributed by atoms with van der Waals surface area (Å²) >= 11 is 5.93. The third kappa shape index (κ3) is 3.24. The number of hydrogen-bond donors (Lipinski definition) is 1. The highest BCUT2D eigenvalue weighted by molar-refractivity contribution is 6.30. The third-order valence-electron chi connectivity index (χ3n) is 3.37. The van der Waals surface area contributed by atoms with Crippen molar-refractivity contribution < 1.29 is 4.79 Å². The summed E-state index contributed by atoms with van der Waals surface area (Å²) in [4.78, 5) is 14.3. The Bertz CT molecular complexity index is 420. The zero-order valence-electron chi connectivity index (χ0n) is 10.7. The van der Waals surface area contributed by atoms with Gasteiger partial charge in [0.05, 0.1) is 0 Å². The number of likely N-dealkylation sites (tertiary alicyclic amines) is 1. The van der Waals surface area contributed by atoms with Crippen LogP contribution in [0.15, 0.2) is 24.3 Å². The van der Waals surface area contributed by atoms with Gasteiger partial charge in [0, 0.05) is 23.7 Å². The molecule has 4 heteroatoms. The molecular weight excluding hydrogens is 248 g/mol. The predicted molar refractivity (Wildman–Crippen MR) is 74.0 cm³/mol. The number of benzene rings is 1. The van der Waals surface area contributed by atoms with Crippen LogP contribution in [0.2, 0.25) is 5.02 Å². The molecule has 0 spiro atoms. The molecule has 1 fully saturated rings. The number of carbonyl (C=O) groups is 1. The van der Waals surface area contributed by atoms with Gasteiger partial charge in [0.1, 0.15) is 0 Å². The Balaban J connectivity index is 2.04. The largest absolute Gasteiger partial charge is 0.338 e. The Hall–Kier alpha value is -1.06. The lowest BCUT2D eigenvalue weighted by molar-refractivity contribution is 0.0674. The second-order valence-electron chi connectivity index (χ2n) is 4.83. The number of nitrogens with zero attached hydrogens (tertiary/aromatic N) is 1. The van der Waals surface area contributed by atoms with E-state index in [-0.39, 0.29) is 5.91 Å². The van der Waals surface area contributed by atoms with Gasteiger partial charge in [-0.05, 0) is 50.6 Å². The van der Waals surface area contributed by atoms with Gasteiger partial charge in [-0.25, -0.2) is 0 Å². The molecular formula is C14H19ClN2O. The summed E-state index contributed by atoms with van der Waals surface area (Å²) in [5.41, 5.74) is 0.688. The zero-order valence-corrected chi connectivity index (χ0v) is 11.4. The average Bonchev–Trinajstić information content (AvgIpc) is 2.39. The molecule has 1 unspecified atom stereocenters. The van der Waals surface area contributed by atoms with Gasteiger partial charge >= 0.3 is 0 Å². The summed E-state index contributed by atoms with van der Waals surface area (Å²) in [5, 5.41) is 3.80. The molecule has 1 atom stereocenters. The van der Waals surface area contributed by atoms with Crippen LogP contribution in [0.4, 0.5) is 0 Å². The van der Waals surface area contributed by atoms with E-state index in [2.05, 4.69) is 5.32 Å². The standard InChI is InChI=1S/C14H19ClN2O/c1-16-9-11-4-3-7-17(10-11)14(18)12-5-2-6-13(15)8-12/h2,5-6,8,11,16H,3-4,7,9-10H2,1H3. The van der Waals surface area contributed by atoms with Crippen molar-refractivity contribution in [2.24, 2.45) is 5.92 Å². The van der Waals surface area contributed by atoms with E-state index in [1.807, 2.05) is 24.1 Å². The van der Waals surface area contributed by atoms with Crippen LogP contribution >= 0.6 is 11.6 Å². The van der Waals surface area contributed by atoms with E-state index in [0.717, 1.165) is 26.1 Å². The molecule has 18 heavy (non-hydrogen) atoms. The maximum Gasteiger partial charge on any atom is 0.253 e. The van der Waals surface area contributed by atoms with Crippen molar-refractivity contribution in [3.05, 3.63) is 34.9 Å². The van der Waals surface area contributed by atoms with Gasteiger partial charge in [0.25, 0.3) is 5.91 Å². The van der Waals surface area contributed by atoms with E-state index in [9.17, 15) is 4.79 Å². The fourth-order valence-electron chi connectivity index (χ4n) is 2.51. The molecule has 1 heterocycles. The topological polar surface area (TPSA) is 32.3 Å². The zero-order chi connectivity index (χ0) is 13.0. The maximum absolute atomic E-state index is 12.3. The quantitative estimate of drug-likeness (QED) is 0.911. The minimum Gasteiger partial charge on any atom is -0.338 e. The molecule has 3 nitrogen and oxygen atoms in total. The highest BCUT2D eigenvalue weighted by Gasteiger charge is 2.23. The summed E-state index contributed by atoms with van der Waals surface area (Å²) in [5.74, 6) is 0.658. The molecule has 1 aromatic carbocycles. The van der Waals surface area contributed by atoms with Crippen molar-refractivity contribution in [1.82, 2.24) is 10.2 Å². The molecule has 2 rings (SSSR count). The van der Waals surface area contributed by atoms with Gasteiger partial charge in [0.15, 0.2) is 0 Å². The van der Waals surface area contributed by atoms with E-state index in [1.54, 1.807) is 12.1 Å². The first kappa shape index (κ1) is 13.4. The molecule has 1 saturated heterocycles. The molecule has 0 aromatic heterocycles. The maximum atomic E-state index is 12.3. The van der Waals surface area contributed by atoms with Gasteiger partial charge in [0.2, 0.25) is 0 Å². The lowest BCUT2D eigenvalue weighted by Crippen LogP contribution is -2.42. The first-order valence-electron chi connectivity index (χ1n) is 6.40. The highest BCUT2D eigenvalue weighted by atomic mass is 35.5. The average molecular weight is 267 g/mol. The van der Waals surface area contributed by atoms with Gasteiger partial charge in [-0.15, -0.1) is 0 Å². The number of nitrogens with one attached hydrogen (secondary N) is 1. The van der Waals surface area contributed by atoms with Crippen LogP contribution in [0.25, 0.3) is 0 Å². The molecule has 1 aliphatic rings.